The number of Topliss-reactive ketones (excluding diaryl/α,β-unsaturated/α-hetero) is 1. The summed E-state index contributed by atoms with van der Waals surface area (Å²) in [5.74, 6) is -0.756. The van der Waals surface area contributed by atoms with Crippen LogP contribution < -0.4 is 29.6 Å². The zero-order valence-electron chi connectivity index (χ0n) is 18.4. The molecule has 9 nitrogen and oxygen atoms in total. The Balaban J connectivity index is 1.80. The van der Waals surface area contributed by atoms with Crippen LogP contribution in [-0.2, 0) is 14.4 Å². The molecule has 1 aliphatic rings. The number of amides is 2. The molecule has 32 heavy (non-hydrogen) atoms. The molecule has 2 N–H and O–H groups in total. The van der Waals surface area contributed by atoms with Gasteiger partial charge in [-0.3, -0.25) is 14.4 Å². The predicted molar refractivity (Wildman–Crippen MR) is 118 cm³/mol. The summed E-state index contributed by atoms with van der Waals surface area (Å²) >= 11 is 0. The van der Waals surface area contributed by atoms with Gasteiger partial charge in [-0.2, -0.15) is 0 Å². The second-order valence-electron chi connectivity index (χ2n) is 7.27. The van der Waals surface area contributed by atoms with Crippen molar-refractivity contribution < 1.29 is 33.3 Å². The van der Waals surface area contributed by atoms with Crippen LogP contribution >= 0.6 is 0 Å². The van der Waals surface area contributed by atoms with Crippen molar-refractivity contribution >= 4 is 29.0 Å². The largest absolute Gasteiger partial charge is 0.497 e. The predicted octanol–water partition coefficient (Wildman–Crippen LogP) is 2.89. The maximum atomic E-state index is 13.0. The van der Waals surface area contributed by atoms with Crippen LogP contribution in [0.5, 0.6) is 23.0 Å². The molecule has 0 heterocycles. The number of rotatable bonds is 8. The highest BCUT2D eigenvalue weighted by molar-refractivity contribution is 6.06. The number of anilines is 2. The minimum atomic E-state index is -0.824. The van der Waals surface area contributed by atoms with Gasteiger partial charge in [0.05, 0.1) is 51.6 Å². The fraction of sp³-hybridized carbons (Fsp3) is 0.348. The van der Waals surface area contributed by atoms with Gasteiger partial charge in [-0.05, 0) is 24.3 Å². The molecular weight excluding hydrogens is 416 g/mol. The van der Waals surface area contributed by atoms with Crippen molar-refractivity contribution in [1.82, 2.24) is 0 Å². The van der Waals surface area contributed by atoms with Gasteiger partial charge in [0.2, 0.25) is 11.8 Å². The molecular formula is C23H26N2O7. The van der Waals surface area contributed by atoms with Crippen LogP contribution in [0, 0.1) is 11.8 Å². The molecule has 2 amide bonds. The second kappa shape index (κ2) is 10.0. The van der Waals surface area contributed by atoms with Gasteiger partial charge in [0.15, 0.2) is 0 Å². The van der Waals surface area contributed by atoms with Crippen molar-refractivity contribution in [3.63, 3.8) is 0 Å². The van der Waals surface area contributed by atoms with E-state index in [1.54, 1.807) is 36.4 Å². The first-order chi connectivity index (χ1) is 15.4. The van der Waals surface area contributed by atoms with Crippen LogP contribution in [0.2, 0.25) is 0 Å². The lowest BCUT2D eigenvalue weighted by molar-refractivity contribution is -0.128. The summed E-state index contributed by atoms with van der Waals surface area (Å²) < 4.78 is 21.0. The van der Waals surface area contributed by atoms with Crippen LogP contribution in [0.4, 0.5) is 11.4 Å². The molecule has 0 aliphatic heterocycles. The molecule has 9 heteroatoms. The first-order valence-electron chi connectivity index (χ1n) is 9.97. The van der Waals surface area contributed by atoms with E-state index in [0.717, 1.165) is 0 Å². The molecule has 0 spiro atoms. The molecule has 2 aromatic rings. The molecule has 0 radical (unpaired) electrons. The van der Waals surface area contributed by atoms with Crippen LogP contribution in [0.3, 0.4) is 0 Å². The fourth-order valence-corrected chi connectivity index (χ4v) is 3.68. The molecule has 0 saturated heterocycles. The van der Waals surface area contributed by atoms with Gasteiger partial charge >= 0.3 is 0 Å². The molecule has 3 rings (SSSR count). The summed E-state index contributed by atoms with van der Waals surface area (Å²) in [4.78, 5) is 38.2. The van der Waals surface area contributed by atoms with Crippen molar-refractivity contribution in [2.24, 2.45) is 11.8 Å². The zero-order chi connectivity index (χ0) is 23.3. The summed E-state index contributed by atoms with van der Waals surface area (Å²) in [6, 6.07) is 9.95. The molecule has 2 aromatic carbocycles. The van der Waals surface area contributed by atoms with E-state index in [0.29, 0.717) is 34.4 Å². The lowest BCUT2D eigenvalue weighted by Gasteiger charge is -2.20. The van der Waals surface area contributed by atoms with Gasteiger partial charge < -0.3 is 29.6 Å². The number of hydrogen-bond acceptors (Lipinski definition) is 7. The lowest BCUT2D eigenvalue weighted by Crippen LogP contribution is -2.33. The van der Waals surface area contributed by atoms with Crippen molar-refractivity contribution in [2.45, 2.75) is 12.8 Å². The van der Waals surface area contributed by atoms with E-state index in [1.165, 1.54) is 28.4 Å². The van der Waals surface area contributed by atoms with Gasteiger partial charge in [-0.1, -0.05) is 0 Å². The van der Waals surface area contributed by atoms with Crippen molar-refractivity contribution in [2.75, 3.05) is 39.1 Å². The van der Waals surface area contributed by atoms with Crippen LogP contribution in [-0.4, -0.2) is 46.0 Å². The van der Waals surface area contributed by atoms with Crippen LogP contribution in [0.1, 0.15) is 12.8 Å². The number of carbonyl (C=O) groups is 3. The maximum absolute atomic E-state index is 13.0. The Morgan fingerprint density at radius 3 is 1.47 bits per heavy atom. The van der Waals surface area contributed by atoms with Crippen molar-refractivity contribution in [3.05, 3.63) is 36.4 Å². The van der Waals surface area contributed by atoms with E-state index in [-0.39, 0.29) is 18.6 Å². The summed E-state index contributed by atoms with van der Waals surface area (Å²) in [6.45, 7) is 0. The Hall–Kier alpha value is -3.75. The first kappa shape index (κ1) is 22.9. The fourth-order valence-electron chi connectivity index (χ4n) is 3.68. The monoisotopic (exact) mass is 442 g/mol. The smallest absolute Gasteiger partial charge is 0.228 e. The molecule has 2 atom stereocenters. The Kier molecular flexibility index (Phi) is 7.19. The Labute approximate surface area is 186 Å². The van der Waals surface area contributed by atoms with E-state index in [9.17, 15) is 14.4 Å². The third kappa shape index (κ3) is 4.93. The molecule has 0 bridgehead atoms. The van der Waals surface area contributed by atoms with Crippen molar-refractivity contribution in [1.29, 1.82) is 0 Å². The number of nitrogens with one attached hydrogen (secondary N) is 2. The van der Waals surface area contributed by atoms with Gasteiger partial charge in [0.1, 0.15) is 28.8 Å². The van der Waals surface area contributed by atoms with E-state index in [2.05, 4.69) is 10.6 Å². The van der Waals surface area contributed by atoms with E-state index in [1.807, 2.05) is 0 Å². The van der Waals surface area contributed by atoms with Gasteiger partial charge in [-0.15, -0.1) is 0 Å². The SMILES string of the molecule is COc1ccc(OC)c(NC(=O)[C@H]2CC(=O)C[C@@H]2C(=O)Nc2cc(OC)ccc2OC)c1. The maximum Gasteiger partial charge on any atom is 0.228 e. The van der Waals surface area contributed by atoms with Crippen molar-refractivity contribution in [3.8, 4) is 23.0 Å². The molecule has 0 unspecified atom stereocenters. The molecule has 170 valence electrons. The summed E-state index contributed by atoms with van der Waals surface area (Å²) in [5.41, 5.74) is 0.787. The molecule has 1 fully saturated rings. The Morgan fingerprint density at radius 1 is 0.719 bits per heavy atom. The van der Waals surface area contributed by atoms with E-state index < -0.39 is 23.7 Å². The highest BCUT2D eigenvalue weighted by atomic mass is 16.5. The third-order valence-electron chi connectivity index (χ3n) is 5.38. The molecule has 1 aliphatic carbocycles. The first-order valence-corrected chi connectivity index (χ1v) is 9.97. The number of carbonyl (C=O) groups excluding carboxylic acids is 3. The van der Waals surface area contributed by atoms with E-state index >= 15 is 0 Å². The minimum absolute atomic E-state index is 0.0224. The standard InChI is InChI=1S/C23H26N2O7/c1-29-14-5-7-20(31-3)18(11-14)24-22(27)16-9-13(26)10-17(16)23(28)25-19-12-15(30-2)6-8-21(19)32-4/h5-8,11-12,16-17H,9-10H2,1-4H3,(H,24,27)(H,25,28)/t16-,17-/m0/s1. The zero-order valence-corrected chi connectivity index (χ0v) is 18.4. The average molecular weight is 442 g/mol. The molecule has 1 saturated carbocycles. The average Bonchev–Trinajstić information content (AvgIpc) is 3.20. The highest BCUT2D eigenvalue weighted by Gasteiger charge is 2.42. The number of ketones is 1. The molecule has 0 aromatic heterocycles. The topological polar surface area (TPSA) is 112 Å². The normalized spacial score (nSPS) is 17.4. The van der Waals surface area contributed by atoms with Crippen LogP contribution in [0.15, 0.2) is 36.4 Å². The Bertz CT molecular complexity index is 942. The van der Waals surface area contributed by atoms with Crippen LogP contribution in [0.25, 0.3) is 0 Å². The number of ether oxygens (including phenoxy) is 4. The third-order valence-corrected chi connectivity index (χ3v) is 5.38. The number of methoxy groups -OCH3 is 4. The van der Waals surface area contributed by atoms with Gasteiger partial charge in [-0.25, -0.2) is 0 Å². The highest BCUT2D eigenvalue weighted by Crippen LogP contribution is 2.36. The second-order valence-corrected chi connectivity index (χ2v) is 7.27. The Morgan fingerprint density at radius 2 is 1.12 bits per heavy atom. The minimum Gasteiger partial charge on any atom is -0.497 e. The lowest BCUT2D eigenvalue weighted by atomic mass is 9.94. The van der Waals surface area contributed by atoms with Gasteiger partial charge in [0, 0.05) is 25.0 Å². The summed E-state index contributed by atoms with van der Waals surface area (Å²) in [6.07, 6.45) is -0.0447. The van der Waals surface area contributed by atoms with Gasteiger partial charge in [0.25, 0.3) is 0 Å². The quantitative estimate of drug-likeness (QED) is 0.646. The summed E-state index contributed by atoms with van der Waals surface area (Å²) in [5, 5.41) is 5.53. The number of benzene rings is 2. The summed E-state index contributed by atoms with van der Waals surface area (Å²) in [7, 11) is 5.98. The van der Waals surface area contributed by atoms with E-state index in [4.69, 9.17) is 18.9 Å². The number of hydrogen-bond donors (Lipinski definition) is 2.